The largest absolute Gasteiger partial charge is 0.410 e. The lowest BCUT2D eigenvalue weighted by atomic mass is 9.84. The number of carbonyl (C=O) groups excluding carboxylic acids is 1. The minimum Gasteiger partial charge on any atom is -0.410 e. The zero-order valence-corrected chi connectivity index (χ0v) is 17.3. The van der Waals surface area contributed by atoms with Crippen LogP contribution >= 0.6 is 34.8 Å². The lowest BCUT2D eigenvalue weighted by Gasteiger charge is -2.33. The summed E-state index contributed by atoms with van der Waals surface area (Å²) in [5.41, 5.74) is 2.00. The van der Waals surface area contributed by atoms with Gasteiger partial charge >= 0.3 is 0 Å². The number of hydrogen-bond donors (Lipinski definition) is 1. The van der Waals surface area contributed by atoms with Crippen molar-refractivity contribution in [3.05, 3.63) is 35.4 Å². The van der Waals surface area contributed by atoms with Gasteiger partial charge in [0, 0.05) is 6.54 Å². The van der Waals surface area contributed by atoms with Crippen molar-refractivity contribution in [2.24, 2.45) is 5.41 Å². The molecule has 0 heterocycles. The van der Waals surface area contributed by atoms with Crippen LogP contribution in [0.2, 0.25) is 13.1 Å². The molecule has 0 fully saturated rings. The van der Waals surface area contributed by atoms with E-state index in [2.05, 4.69) is 39.2 Å². The van der Waals surface area contributed by atoms with Gasteiger partial charge in [-0.25, -0.2) is 0 Å². The van der Waals surface area contributed by atoms with E-state index in [0.29, 0.717) is 6.54 Å². The highest BCUT2D eigenvalue weighted by Gasteiger charge is 2.30. The SMILES string of the molecule is C[Si](C)OC(c1cccc(CNC(=O)C(Cl)(Cl)Cl)c1)C(C)(C)C. The van der Waals surface area contributed by atoms with Crippen LogP contribution in [-0.4, -0.2) is 18.7 Å². The fourth-order valence-electron chi connectivity index (χ4n) is 2.13. The van der Waals surface area contributed by atoms with Crippen molar-refractivity contribution >= 4 is 49.8 Å². The van der Waals surface area contributed by atoms with Gasteiger partial charge < -0.3 is 9.74 Å². The van der Waals surface area contributed by atoms with E-state index >= 15 is 0 Å². The van der Waals surface area contributed by atoms with Gasteiger partial charge in [-0.05, 0) is 29.6 Å². The minimum absolute atomic E-state index is 0.00443. The average Bonchev–Trinajstić information content (AvgIpc) is 2.40. The molecular weight excluding hydrogens is 373 g/mol. The fraction of sp³-hybridized carbons (Fsp3) is 0.562. The molecule has 0 aliphatic rings. The summed E-state index contributed by atoms with van der Waals surface area (Å²) < 4.78 is 4.24. The molecule has 1 amide bonds. The molecule has 7 heteroatoms. The van der Waals surface area contributed by atoms with Gasteiger partial charge in [0.2, 0.25) is 9.04 Å². The summed E-state index contributed by atoms with van der Waals surface area (Å²) in [6, 6.07) is 7.94. The second-order valence-corrected chi connectivity index (χ2v) is 11.0. The quantitative estimate of drug-likeness (QED) is 0.561. The van der Waals surface area contributed by atoms with Crippen LogP contribution in [0.5, 0.6) is 0 Å². The molecule has 1 unspecified atom stereocenters. The maximum absolute atomic E-state index is 11.6. The lowest BCUT2D eigenvalue weighted by Crippen LogP contribution is -2.34. The number of alkyl halides is 3. The van der Waals surface area contributed by atoms with Crippen molar-refractivity contribution in [1.29, 1.82) is 0 Å². The van der Waals surface area contributed by atoms with Crippen LogP contribution in [0.1, 0.15) is 38.0 Å². The van der Waals surface area contributed by atoms with E-state index in [-0.39, 0.29) is 11.5 Å². The molecule has 129 valence electrons. The Morgan fingerprint density at radius 1 is 1.26 bits per heavy atom. The van der Waals surface area contributed by atoms with E-state index in [4.69, 9.17) is 39.2 Å². The first kappa shape index (κ1) is 20.8. The highest BCUT2D eigenvalue weighted by molar-refractivity contribution is 6.76. The predicted octanol–water partition coefficient (Wildman–Crippen LogP) is 5.03. The van der Waals surface area contributed by atoms with Gasteiger partial charge in [0.1, 0.15) is 0 Å². The second-order valence-electron chi connectivity index (χ2n) is 6.70. The van der Waals surface area contributed by atoms with Crippen LogP contribution in [0.25, 0.3) is 0 Å². The molecule has 0 aliphatic heterocycles. The Morgan fingerprint density at radius 3 is 2.35 bits per heavy atom. The summed E-state index contributed by atoms with van der Waals surface area (Å²) in [5.74, 6) is -0.635. The summed E-state index contributed by atoms with van der Waals surface area (Å²) in [7, 11) is -0.842. The lowest BCUT2D eigenvalue weighted by molar-refractivity contribution is -0.120. The molecular formula is C16H23Cl3NO2Si. The maximum Gasteiger partial charge on any atom is 0.272 e. The van der Waals surface area contributed by atoms with Gasteiger partial charge in [0.15, 0.2) is 0 Å². The van der Waals surface area contributed by atoms with E-state index in [1.54, 1.807) is 0 Å². The average molecular weight is 396 g/mol. The summed E-state index contributed by atoms with van der Waals surface area (Å²) in [5, 5.41) is 2.62. The topological polar surface area (TPSA) is 38.3 Å². The van der Waals surface area contributed by atoms with Gasteiger partial charge in [0.25, 0.3) is 9.70 Å². The minimum atomic E-state index is -1.95. The highest BCUT2D eigenvalue weighted by atomic mass is 35.6. The Labute approximate surface area is 155 Å². The zero-order valence-electron chi connectivity index (χ0n) is 14.0. The first-order valence-corrected chi connectivity index (χ1v) is 10.9. The van der Waals surface area contributed by atoms with E-state index in [1.165, 1.54) is 0 Å². The molecule has 23 heavy (non-hydrogen) atoms. The molecule has 0 bridgehead atoms. The van der Waals surface area contributed by atoms with Gasteiger partial charge in [-0.2, -0.15) is 0 Å². The van der Waals surface area contributed by atoms with Crippen LogP contribution in [0, 0.1) is 5.41 Å². The van der Waals surface area contributed by atoms with Crippen molar-refractivity contribution in [3.8, 4) is 0 Å². The molecule has 1 N–H and O–H groups in total. The first-order chi connectivity index (χ1) is 10.4. The van der Waals surface area contributed by atoms with Crippen molar-refractivity contribution < 1.29 is 9.22 Å². The Morgan fingerprint density at radius 2 is 1.87 bits per heavy atom. The van der Waals surface area contributed by atoms with Crippen molar-refractivity contribution in [3.63, 3.8) is 0 Å². The summed E-state index contributed by atoms with van der Waals surface area (Å²) in [6.07, 6.45) is -0.00443. The zero-order chi connectivity index (χ0) is 17.8. The smallest absolute Gasteiger partial charge is 0.272 e. The monoisotopic (exact) mass is 394 g/mol. The first-order valence-electron chi connectivity index (χ1n) is 7.32. The predicted molar refractivity (Wildman–Crippen MR) is 99.3 cm³/mol. The van der Waals surface area contributed by atoms with Crippen LogP contribution in [0.15, 0.2) is 24.3 Å². The molecule has 1 atom stereocenters. The Bertz CT molecular complexity index is 539. The van der Waals surface area contributed by atoms with Crippen molar-refractivity contribution in [2.75, 3.05) is 0 Å². The molecule has 1 aromatic rings. The number of amides is 1. The summed E-state index contributed by atoms with van der Waals surface area (Å²) in [4.78, 5) is 11.6. The number of hydrogen-bond acceptors (Lipinski definition) is 2. The third-order valence-electron chi connectivity index (χ3n) is 3.10. The van der Waals surface area contributed by atoms with Gasteiger partial charge in [0.05, 0.1) is 6.10 Å². The van der Waals surface area contributed by atoms with E-state index in [9.17, 15) is 4.79 Å². The standard InChI is InChI=1S/C16H23Cl3NO2Si/c1-15(2,3)13(22-23(4)5)12-8-6-7-11(9-12)10-20-14(21)16(17,18)19/h6-9,13H,10H2,1-5H3,(H,20,21). The Balaban J connectivity index is 2.92. The van der Waals surface area contributed by atoms with Crippen LogP contribution < -0.4 is 5.32 Å². The molecule has 0 saturated carbocycles. The summed E-state index contributed by atoms with van der Waals surface area (Å²) in [6.45, 7) is 11.0. The van der Waals surface area contributed by atoms with E-state index < -0.39 is 18.7 Å². The second kappa shape index (κ2) is 8.21. The third-order valence-corrected chi connectivity index (χ3v) is 4.33. The molecule has 0 spiro atoms. The van der Waals surface area contributed by atoms with Crippen LogP contribution in [-0.2, 0) is 15.8 Å². The summed E-state index contributed by atoms with van der Waals surface area (Å²) >= 11 is 16.7. The molecule has 3 nitrogen and oxygen atoms in total. The Hall–Kier alpha value is -0.263. The van der Waals surface area contributed by atoms with Crippen LogP contribution in [0.3, 0.4) is 0 Å². The number of nitrogens with one attached hydrogen (secondary N) is 1. The van der Waals surface area contributed by atoms with Crippen molar-refractivity contribution in [2.45, 2.75) is 50.3 Å². The van der Waals surface area contributed by atoms with Gasteiger partial charge in [-0.15, -0.1) is 0 Å². The van der Waals surface area contributed by atoms with E-state index in [1.807, 2.05) is 24.3 Å². The molecule has 0 aromatic heterocycles. The molecule has 1 radical (unpaired) electrons. The molecule has 0 saturated heterocycles. The van der Waals surface area contributed by atoms with E-state index in [0.717, 1.165) is 11.1 Å². The number of benzene rings is 1. The number of carbonyl (C=O) groups is 1. The number of halogens is 3. The molecule has 1 aromatic carbocycles. The van der Waals surface area contributed by atoms with Gasteiger partial charge in [-0.3, -0.25) is 4.79 Å². The number of rotatable bonds is 5. The maximum atomic E-state index is 11.6. The highest BCUT2D eigenvalue weighted by Crippen LogP contribution is 2.36. The Kier molecular flexibility index (Phi) is 7.42. The molecule has 0 aliphatic carbocycles. The van der Waals surface area contributed by atoms with Gasteiger partial charge in [-0.1, -0.05) is 79.8 Å². The normalized spacial score (nSPS) is 14.0. The third kappa shape index (κ3) is 7.02. The fourth-order valence-corrected chi connectivity index (χ4v) is 3.29. The van der Waals surface area contributed by atoms with Crippen LogP contribution in [0.4, 0.5) is 0 Å². The molecule has 1 rings (SSSR count). The van der Waals surface area contributed by atoms with Crippen molar-refractivity contribution in [1.82, 2.24) is 5.32 Å².